The highest BCUT2D eigenvalue weighted by Crippen LogP contribution is 2.50. The standard InChI is InChI=1S/C18H23NO3/c1-12-9-14(20)11-17-18(12,7-8-19(17)2)13-5-6-15(21-3)16(10-13)22-4/h5-6,9-10,17H,7-8,11H2,1-4H3/t17-,18+/m0/s1. The van der Waals surface area contributed by atoms with Gasteiger partial charge in [-0.1, -0.05) is 11.6 Å². The molecule has 3 rings (SSSR count). The number of benzene rings is 1. The van der Waals surface area contributed by atoms with Crippen molar-refractivity contribution in [3.63, 3.8) is 0 Å². The number of ether oxygens (including phenoxy) is 2. The van der Waals surface area contributed by atoms with E-state index in [2.05, 4.69) is 31.0 Å². The lowest BCUT2D eigenvalue weighted by Crippen LogP contribution is -2.46. The van der Waals surface area contributed by atoms with Gasteiger partial charge < -0.3 is 14.4 Å². The lowest BCUT2D eigenvalue weighted by molar-refractivity contribution is -0.116. The first-order chi connectivity index (χ1) is 10.5. The van der Waals surface area contributed by atoms with Gasteiger partial charge >= 0.3 is 0 Å². The van der Waals surface area contributed by atoms with E-state index in [0.717, 1.165) is 30.0 Å². The molecule has 2 atom stereocenters. The monoisotopic (exact) mass is 301 g/mol. The number of likely N-dealkylation sites (N-methyl/N-ethyl adjacent to an activating group) is 1. The van der Waals surface area contributed by atoms with Crippen LogP contribution in [0, 0.1) is 0 Å². The van der Waals surface area contributed by atoms with Crippen molar-refractivity contribution in [3.05, 3.63) is 35.4 Å². The molecule has 0 amide bonds. The zero-order chi connectivity index (χ0) is 15.9. The van der Waals surface area contributed by atoms with Gasteiger partial charge in [0.1, 0.15) is 0 Å². The summed E-state index contributed by atoms with van der Waals surface area (Å²) in [6, 6.07) is 6.36. The Bertz CT molecular complexity index is 637. The maximum Gasteiger partial charge on any atom is 0.161 e. The lowest BCUT2D eigenvalue weighted by Gasteiger charge is -2.41. The van der Waals surface area contributed by atoms with Crippen molar-refractivity contribution in [1.29, 1.82) is 0 Å². The summed E-state index contributed by atoms with van der Waals surface area (Å²) in [5.41, 5.74) is 2.27. The van der Waals surface area contributed by atoms with Gasteiger partial charge in [0.25, 0.3) is 0 Å². The topological polar surface area (TPSA) is 38.8 Å². The van der Waals surface area contributed by atoms with Crippen molar-refractivity contribution >= 4 is 5.78 Å². The molecule has 22 heavy (non-hydrogen) atoms. The zero-order valence-electron chi connectivity index (χ0n) is 13.7. The van der Waals surface area contributed by atoms with Crippen molar-refractivity contribution < 1.29 is 14.3 Å². The maximum atomic E-state index is 12.0. The minimum Gasteiger partial charge on any atom is -0.493 e. The quantitative estimate of drug-likeness (QED) is 0.860. The average molecular weight is 301 g/mol. The Kier molecular flexibility index (Phi) is 3.73. The summed E-state index contributed by atoms with van der Waals surface area (Å²) < 4.78 is 10.8. The summed E-state index contributed by atoms with van der Waals surface area (Å²) in [6.07, 6.45) is 3.44. The molecule has 4 heteroatoms. The summed E-state index contributed by atoms with van der Waals surface area (Å²) >= 11 is 0. The number of likely N-dealkylation sites (tertiary alicyclic amines) is 1. The molecule has 0 aromatic heterocycles. The van der Waals surface area contributed by atoms with Gasteiger partial charge in [-0.15, -0.1) is 0 Å². The smallest absolute Gasteiger partial charge is 0.161 e. The van der Waals surface area contributed by atoms with Crippen LogP contribution >= 0.6 is 0 Å². The van der Waals surface area contributed by atoms with E-state index >= 15 is 0 Å². The molecule has 0 spiro atoms. The Morgan fingerprint density at radius 3 is 2.64 bits per heavy atom. The van der Waals surface area contributed by atoms with Crippen LogP contribution in [0.1, 0.15) is 25.3 Å². The van der Waals surface area contributed by atoms with Gasteiger partial charge in [0.15, 0.2) is 17.3 Å². The van der Waals surface area contributed by atoms with Crippen LogP contribution in [-0.4, -0.2) is 44.5 Å². The molecule has 0 saturated carbocycles. The fourth-order valence-electron chi connectivity index (χ4n) is 4.14. The van der Waals surface area contributed by atoms with Crippen molar-refractivity contribution in [3.8, 4) is 11.5 Å². The van der Waals surface area contributed by atoms with Crippen LogP contribution in [0.5, 0.6) is 11.5 Å². The number of fused-ring (bicyclic) bond motifs is 1. The Morgan fingerprint density at radius 1 is 1.23 bits per heavy atom. The molecule has 118 valence electrons. The van der Waals surface area contributed by atoms with Gasteiger partial charge in [-0.05, 0) is 50.7 Å². The predicted molar refractivity (Wildman–Crippen MR) is 85.6 cm³/mol. The van der Waals surface area contributed by atoms with Crippen molar-refractivity contribution in [2.75, 3.05) is 27.8 Å². The molecule has 1 aromatic rings. The third kappa shape index (κ3) is 2.05. The van der Waals surface area contributed by atoms with Crippen LogP contribution in [0.15, 0.2) is 29.8 Å². The molecular weight excluding hydrogens is 278 g/mol. The van der Waals surface area contributed by atoms with E-state index in [-0.39, 0.29) is 17.2 Å². The van der Waals surface area contributed by atoms with Crippen LogP contribution in [0.25, 0.3) is 0 Å². The highest BCUT2D eigenvalue weighted by atomic mass is 16.5. The van der Waals surface area contributed by atoms with Gasteiger partial charge in [-0.3, -0.25) is 4.79 Å². The van der Waals surface area contributed by atoms with Crippen LogP contribution < -0.4 is 9.47 Å². The van der Waals surface area contributed by atoms with Crippen molar-refractivity contribution in [2.24, 2.45) is 0 Å². The fraction of sp³-hybridized carbons (Fsp3) is 0.500. The fourth-order valence-corrected chi connectivity index (χ4v) is 4.14. The summed E-state index contributed by atoms with van der Waals surface area (Å²) in [5.74, 6) is 1.71. The number of nitrogens with zero attached hydrogens (tertiary/aromatic N) is 1. The van der Waals surface area contributed by atoms with Crippen molar-refractivity contribution in [2.45, 2.75) is 31.2 Å². The molecule has 4 nitrogen and oxygen atoms in total. The van der Waals surface area contributed by atoms with E-state index in [0.29, 0.717) is 6.42 Å². The first-order valence-electron chi connectivity index (χ1n) is 7.67. The zero-order valence-corrected chi connectivity index (χ0v) is 13.7. The second-order valence-electron chi connectivity index (χ2n) is 6.29. The van der Waals surface area contributed by atoms with Gasteiger partial charge in [0.05, 0.1) is 14.2 Å². The summed E-state index contributed by atoms with van der Waals surface area (Å²) in [4.78, 5) is 14.3. The number of ketones is 1. The van der Waals surface area contributed by atoms with Gasteiger partial charge in [0.2, 0.25) is 0 Å². The lowest BCUT2D eigenvalue weighted by atomic mass is 9.65. The third-order valence-corrected chi connectivity index (χ3v) is 5.33. The van der Waals surface area contributed by atoms with E-state index in [9.17, 15) is 4.79 Å². The second-order valence-corrected chi connectivity index (χ2v) is 6.29. The van der Waals surface area contributed by atoms with E-state index in [1.54, 1.807) is 14.2 Å². The first-order valence-corrected chi connectivity index (χ1v) is 7.67. The molecule has 0 bridgehead atoms. The largest absolute Gasteiger partial charge is 0.493 e. The summed E-state index contributed by atoms with van der Waals surface area (Å²) in [7, 11) is 5.41. The molecule has 1 aromatic carbocycles. The second kappa shape index (κ2) is 5.43. The average Bonchev–Trinajstić information content (AvgIpc) is 2.85. The number of hydrogen-bond donors (Lipinski definition) is 0. The minimum atomic E-state index is -0.0950. The molecule has 1 aliphatic heterocycles. The molecule has 1 fully saturated rings. The highest BCUT2D eigenvalue weighted by Gasteiger charge is 2.51. The van der Waals surface area contributed by atoms with Crippen LogP contribution in [-0.2, 0) is 10.2 Å². The Balaban J connectivity index is 2.15. The number of carbonyl (C=O) groups is 1. The molecule has 0 unspecified atom stereocenters. The number of methoxy groups -OCH3 is 2. The predicted octanol–water partition coefficient (Wildman–Crippen LogP) is 2.56. The van der Waals surface area contributed by atoms with E-state index in [1.165, 1.54) is 5.56 Å². The third-order valence-electron chi connectivity index (χ3n) is 5.33. The van der Waals surface area contributed by atoms with Crippen LogP contribution in [0.2, 0.25) is 0 Å². The van der Waals surface area contributed by atoms with Gasteiger partial charge in [-0.2, -0.15) is 0 Å². The highest BCUT2D eigenvalue weighted by molar-refractivity contribution is 5.93. The Labute approximate surface area is 131 Å². The molecule has 0 N–H and O–H groups in total. The van der Waals surface area contributed by atoms with Crippen LogP contribution in [0.3, 0.4) is 0 Å². The first kappa shape index (κ1) is 15.1. The number of allylic oxidation sites excluding steroid dienone is 1. The number of carbonyl (C=O) groups excluding carboxylic acids is 1. The molecular formula is C18H23NO3. The summed E-state index contributed by atoms with van der Waals surface area (Å²) in [6.45, 7) is 3.08. The minimum absolute atomic E-state index is 0.0950. The van der Waals surface area contributed by atoms with Crippen molar-refractivity contribution in [1.82, 2.24) is 4.90 Å². The molecule has 1 heterocycles. The number of rotatable bonds is 3. The van der Waals surface area contributed by atoms with Gasteiger partial charge in [0, 0.05) is 17.9 Å². The van der Waals surface area contributed by atoms with E-state index in [1.807, 2.05) is 12.1 Å². The SMILES string of the molecule is COc1ccc([C@]23CCN(C)[C@H]2CC(=O)C=C3C)cc1OC. The van der Waals surface area contributed by atoms with E-state index in [4.69, 9.17) is 9.47 Å². The normalized spacial score (nSPS) is 28.3. The summed E-state index contributed by atoms with van der Waals surface area (Å²) in [5, 5.41) is 0. The number of hydrogen-bond acceptors (Lipinski definition) is 4. The van der Waals surface area contributed by atoms with Crippen LogP contribution in [0.4, 0.5) is 0 Å². The molecule has 2 aliphatic rings. The Morgan fingerprint density at radius 2 is 1.95 bits per heavy atom. The van der Waals surface area contributed by atoms with E-state index < -0.39 is 0 Å². The molecule has 1 aliphatic carbocycles. The molecule has 1 saturated heterocycles. The maximum absolute atomic E-state index is 12.0. The van der Waals surface area contributed by atoms with Gasteiger partial charge in [-0.25, -0.2) is 0 Å². The Hall–Kier alpha value is -1.81. The molecule has 0 radical (unpaired) electrons.